The van der Waals surface area contributed by atoms with Gasteiger partial charge in [-0.25, -0.2) is 0 Å². The average molecular weight is 292 g/mol. The minimum atomic E-state index is 0.714. The fraction of sp³-hybridized carbons (Fsp3) is 0.429. The second kappa shape index (κ2) is 7.42. The van der Waals surface area contributed by atoms with Gasteiger partial charge in [0.15, 0.2) is 0 Å². The first-order valence-corrected chi connectivity index (χ1v) is 7.34. The number of aryl methyl sites for hydroxylation is 2. The van der Waals surface area contributed by atoms with Crippen LogP contribution in [0.25, 0.3) is 0 Å². The van der Waals surface area contributed by atoms with Crippen molar-refractivity contribution < 1.29 is 4.74 Å². The summed E-state index contributed by atoms with van der Waals surface area (Å²) in [5.41, 5.74) is 2.30. The molecule has 0 unspecified atom stereocenters. The highest BCUT2D eigenvalue weighted by Crippen LogP contribution is 2.31. The molecule has 2 aromatic rings. The number of nitrogens with zero attached hydrogens (tertiary/aromatic N) is 3. The van der Waals surface area contributed by atoms with Crippen LogP contribution in [0.4, 0.5) is 0 Å². The predicted octanol–water partition coefficient (Wildman–Crippen LogP) is 2.01. The van der Waals surface area contributed by atoms with Gasteiger partial charge in [-0.15, -0.1) is 0 Å². The molecule has 0 radical (unpaired) electrons. The van der Waals surface area contributed by atoms with Gasteiger partial charge in [0.1, 0.15) is 5.03 Å². The van der Waals surface area contributed by atoms with E-state index in [0.29, 0.717) is 6.61 Å². The number of hydrogen-bond acceptors (Lipinski definition) is 5. The summed E-state index contributed by atoms with van der Waals surface area (Å²) < 4.78 is 6.98. The number of aromatic nitrogens is 3. The highest BCUT2D eigenvalue weighted by Gasteiger charge is 2.14. The third kappa shape index (κ3) is 3.82. The third-order valence-corrected chi connectivity index (χ3v) is 4.15. The normalized spacial score (nSPS) is 10.9. The van der Waals surface area contributed by atoms with Crippen molar-refractivity contribution in [1.82, 2.24) is 20.1 Å². The zero-order valence-corrected chi connectivity index (χ0v) is 12.9. The smallest absolute Gasteiger partial charge is 0.103 e. The maximum absolute atomic E-state index is 5.05. The Morgan fingerprint density at radius 3 is 2.80 bits per heavy atom. The Morgan fingerprint density at radius 1 is 1.35 bits per heavy atom. The Morgan fingerprint density at radius 2 is 2.10 bits per heavy atom. The lowest BCUT2D eigenvalue weighted by Crippen LogP contribution is -2.19. The van der Waals surface area contributed by atoms with E-state index in [1.807, 2.05) is 43.2 Å². The second-order valence-corrected chi connectivity index (χ2v) is 5.51. The van der Waals surface area contributed by atoms with E-state index in [9.17, 15) is 0 Å². The van der Waals surface area contributed by atoms with Crippen molar-refractivity contribution in [3.8, 4) is 0 Å². The standard InChI is InChI=1S/C14H20N4OS/c1-11-13(10-16-8-9-19-3)14(18(2)17-11)20-12-4-6-15-7-5-12/h4-7,16H,8-10H2,1-3H3. The Hall–Kier alpha value is -1.37. The van der Waals surface area contributed by atoms with E-state index in [1.54, 1.807) is 18.9 Å². The van der Waals surface area contributed by atoms with Gasteiger partial charge in [-0.3, -0.25) is 9.67 Å². The zero-order valence-electron chi connectivity index (χ0n) is 12.1. The predicted molar refractivity (Wildman–Crippen MR) is 79.9 cm³/mol. The molecule has 0 spiro atoms. The molecule has 0 aliphatic carbocycles. The first-order chi connectivity index (χ1) is 9.72. The summed E-state index contributed by atoms with van der Waals surface area (Å²) in [7, 11) is 3.69. The summed E-state index contributed by atoms with van der Waals surface area (Å²) >= 11 is 1.71. The van der Waals surface area contributed by atoms with Crippen molar-refractivity contribution in [2.24, 2.45) is 7.05 Å². The summed E-state index contributed by atoms with van der Waals surface area (Å²) in [5, 5.41) is 9.06. The second-order valence-electron chi connectivity index (χ2n) is 4.45. The molecule has 2 heterocycles. The van der Waals surface area contributed by atoms with Gasteiger partial charge in [-0.1, -0.05) is 11.8 Å². The van der Waals surface area contributed by atoms with Crippen LogP contribution in [0.15, 0.2) is 34.4 Å². The molecule has 5 nitrogen and oxygen atoms in total. The summed E-state index contributed by atoms with van der Waals surface area (Å²) in [6.07, 6.45) is 3.62. The van der Waals surface area contributed by atoms with Gasteiger partial charge in [-0.05, 0) is 19.1 Å². The van der Waals surface area contributed by atoms with Crippen LogP contribution in [0.2, 0.25) is 0 Å². The van der Waals surface area contributed by atoms with Crippen LogP contribution in [-0.4, -0.2) is 35.0 Å². The number of nitrogens with one attached hydrogen (secondary N) is 1. The molecular formula is C14H20N4OS. The quantitative estimate of drug-likeness (QED) is 0.791. The lowest BCUT2D eigenvalue weighted by molar-refractivity contribution is 0.199. The first-order valence-electron chi connectivity index (χ1n) is 6.52. The topological polar surface area (TPSA) is 52.0 Å². The maximum atomic E-state index is 5.05. The number of rotatable bonds is 7. The van der Waals surface area contributed by atoms with E-state index < -0.39 is 0 Å². The highest BCUT2D eigenvalue weighted by atomic mass is 32.2. The van der Waals surface area contributed by atoms with Gasteiger partial charge < -0.3 is 10.1 Å². The van der Waals surface area contributed by atoms with E-state index in [2.05, 4.69) is 15.4 Å². The largest absolute Gasteiger partial charge is 0.383 e. The summed E-state index contributed by atoms with van der Waals surface area (Å²) in [5.74, 6) is 0. The number of ether oxygens (including phenoxy) is 1. The van der Waals surface area contributed by atoms with E-state index in [-0.39, 0.29) is 0 Å². The molecule has 108 valence electrons. The Labute approximate surface area is 123 Å². The maximum Gasteiger partial charge on any atom is 0.103 e. The van der Waals surface area contributed by atoms with Crippen LogP contribution in [0.5, 0.6) is 0 Å². The third-order valence-electron chi connectivity index (χ3n) is 2.94. The van der Waals surface area contributed by atoms with Gasteiger partial charge in [0.05, 0.1) is 12.3 Å². The van der Waals surface area contributed by atoms with Gasteiger partial charge in [0.2, 0.25) is 0 Å². The minimum Gasteiger partial charge on any atom is -0.383 e. The molecule has 0 saturated heterocycles. The van der Waals surface area contributed by atoms with Crippen LogP contribution in [0.1, 0.15) is 11.3 Å². The molecule has 0 aliphatic rings. The first kappa shape index (κ1) is 15.0. The Bertz CT molecular complexity index is 542. The van der Waals surface area contributed by atoms with Crippen LogP contribution >= 0.6 is 11.8 Å². The molecule has 0 atom stereocenters. The van der Waals surface area contributed by atoms with Crippen LogP contribution in [0, 0.1) is 6.92 Å². The molecule has 2 aromatic heterocycles. The van der Waals surface area contributed by atoms with Crippen molar-refractivity contribution in [3.63, 3.8) is 0 Å². The van der Waals surface area contributed by atoms with E-state index >= 15 is 0 Å². The van der Waals surface area contributed by atoms with Crippen LogP contribution in [0.3, 0.4) is 0 Å². The Balaban J connectivity index is 2.11. The molecule has 0 aliphatic heterocycles. The SMILES string of the molecule is COCCNCc1c(C)nn(C)c1Sc1ccncc1. The lowest BCUT2D eigenvalue weighted by Gasteiger charge is -2.07. The average Bonchev–Trinajstić information content (AvgIpc) is 2.71. The van der Waals surface area contributed by atoms with E-state index in [1.165, 1.54) is 15.5 Å². The minimum absolute atomic E-state index is 0.714. The molecule has 0 fully saturated rings. The van der Waals surface area contributed by atoms with E-state index in [0.717, 1.165) is 18.8 Å². The van der Waals surface area contributed by atoms with Crippen molar-refractivity contribution in [1.29, 1.82) is 0 Å². The molecule has 0 saturated carbocycles. The van der Waals surface area contributed by atoms with Gasteiger partial charge >= 0.3 is 0 Å². The molecule has 1 N–H and O–H groups in total. The highest BCUT2D eigenvalue weighted by molar-refractivity contribution is 7.99. The lowest BCUT2D eigenvalue weighted by atomic mass is 10.2. The van der Waals surface area contributed by atoms with Crippen LogP contribution < -0.4 is 5.32 Å². The van der Waals surface area contributed by atoms with Gasteiger partial charge in [0.25, 0.3) is 0 Å². The number of pyridine rings is 1. The zero-order chi connectivity index (χ0) is 14.4. The Kier molecular flexibility index (Phi) is 5.58. The van der Waals surface area contributed by atoms with Gasteiger partial charge in [-0.2, -0.15) is 5.10 Å². The number of hydrogen-bond donors (Lipinski definition) is 1. The molecular weight excluding hydrogens is 272 g/mol. The summed E-state index contributed by atoms with van der Waals surface area (Å²) in [6, 6.07) is 4.02. The molecule has 6 heteroatoms. The van der Waals surface area contributed by atoms with Gasteiger partial charge in [0, 0.05) is 50.1 Å². The summed E-state index contributed by atoms with van der Waals surface area (Å²) in [6.45, 7) is 4.40. The van der Waals surface area contributed by atoms with Crippen molar-refractivity contribution >= 4 is 11.8 Å². The molecule has 0 aromatic carbocycles. The van der Waals surface area contributed by atoms with Crippen molar-refractivity contribution in [3.05, 3.63) is 35.8 Å². The molecule has 0 amide bonds. The summed E-state index contributed by atoms with van der Waals surface area (Å²) in [4.78, 5) is 5.21. The number of methoxy groups -OCH3 is 1. The molecule has 0 bridgehead atoms. The monoisotopic (exact) mass is 292 g/mol. The van der Waals surface area contributed by atoms with E-state index in [4.69, 9.17) is 4.74 Å². The fourth-order valence-corrected chi connectivity index (χ4v) is 2.91. The molecule has 20 heavy (non-hydrogen) atoms. The van der Waals surface area contributed by atoms with Crippen molar-refractivity contribution in [2.45, 2.75) is 23.4 Å². The van der Waals surface area contributed by atoms with Crippen molar-refractivity contribution in [2.75, 3.05) is 20.3 Å². The van der Waals surface area contributed by atoms with Crippen LogP contribution in [-0.2, 0) is 18.3 Å². The fourth-order valence-electron chi connectivity index (χ4n) is 1.92. The molecule has 2 rings (SSSR count).